The second-order valence-corrected chi connectivity index (χ2v) is 6.45. The minimum Gasteiger partial charge on any atom is -0.321 e. The van der Waals surface area contributed by atoms with Gasteiger partial charge in [-0.2, -0.15) is 0 Å². The number of amides is 1. The van der Waals surface area contributed by atoms with Gasteiger partial charge in [0.1, 0.15) is 17.0 Å². The maximum absolute atomic E-state index is 13.8. The molecular weight excluding hydrogens is 328 g/mol. The zero-order chi connectivity index (χ0) is 15.7. The van der Waals surface area contributed by atoms with Crippen LogP contribution < -0.4 is 0 Å². The minimum absolute atomic E-state index is 0.0922. The molecule has 0 aliphatic carbocycles. The van der Waals surface area contributed by atoms with Crippen LogP contribution in [0.5, 0.6) is 0 Å². The van der Waals surface area contributed by atoms with Gasteiger partial charge in [0.15, 0.2) is 0 Å². The number of hydrogen-bond acceptors (Lipinski definition) is 2. The first kappa shape index (κ1) is 15.3. The Bertz CT molecular complexity index is 705. The summed E-state index contributed by atoms with van der Waals surface area (Å²) in [7, 11) is 0. The highest BCUT2D eigenvalue weighted by molar-refractivity contribution is 8.00. The lowest BCUT2D eigenvalue weighted by Crippen LogP contribution is -2.28. The standard InChI is InChI=1S/C16H12ClF2NOS/c17-11-4-1-3-10(7-11)16-20(15(21)9-22-16)8-12-13(18)5-2-6-14(12)19/h1-7,16H,8-9H2. The fourth-order valence-corrected chi connectivity index (χ4v) is 3.79. The number of nitrogens with zero attached hydrogens (tertiary/aromatic N) is 1. The van der Waals surface area contributed by atoms with Gasteiger partial charge in [-0.05, 0) is 29.8 Å². The Labute approximate surface area is 136 Å². The van der Waals surface area contributed by atoms with Crippen LogP contribution in [0.2, 0.25) is 5.02 Å². The van der Waals surface area contributed by atoms with Crippen molar-refractivity contribution in [1.82, 2.24) is 4.90 Å². The average molecular weight is 340 g/mol. The molecule has 1 atom stereocenters. The second kappa shape index (κ2) is 6.26. The van der Waals surface area contributed by atoms with E-state index >= 15 is 0 Å². The largest absolute Gasteiger partial charge is 0.321 e. The van der Waals surface area contributed by atoms with Crippen molar-refractivity contribution in [2.45, 2.75) is 11.9 Å². The van der Waals surface area contributed by atoms with Crippen LogP contribution in [-0.2, 0) is 11.3 Å². The van der Waals surface area contributed by atoms with Crippen LogP contribution in [0.3, 0.4) is 0 Å². The smallest absolute Gasteiger partial charge is 0.234 e. The van der Waals surface area contributed by atoms with Crippen LogP contribution >= 0.6 is 23.4 Å². The van der Waals surface area contributed by atoms with Crippen molar-refractivity contribution in [3.63, 3.8) is 0 Å². The summed E-state index contributed by atoms with van der Waals surface area (Å²) in [6.07, 6.45) is 0. The summed E-state index contributed by atoms with van der Waals surface area (Å²) >= 11 is 7.41. The topological polar surface area (TPSA) is 20.3 Å². The fourth-order valence-electron chi connectivity index (χ4n) is 2.42. The Hall–Kier alpha value is -1.59. The van der Waals surface area contributed by atoms with Gasteiger partial charge in [-0.1, -0.05) is 29.8 Å². The van der Waals surface area contributed by atoms with E-state index in [2.05, 4.69) is 0 Å². The predicted octanol–water partition coefficient (Wildman–Crippen LogP) is 4.39. The number of thioether (sulfide) groups is 1. The molecule has 22 heavy (non-hydrogen) atoms. The van der Waals surface area contributed by atoms with Crippen molar-refractivity contribution < 1.29 is 13.6 Å². The third-order valence-corrected chi connectivity index (χ3v) is 4.98. The molecule has 3 rings (SSSR count). The Morgan fingerprint density at radius 3 is 2.55 bits per heavy atom. The zero-order valence-electron chi connectivity index (χ0n) is 11.4. The molecule has 1 heterocycles. The molecule has 1 fully saturated rings. The fraction of sp³-hybridized carbons (Fsp3) is 0.188. The van der Waals surface area contributed by atoms with E-state index in [4.69, 9.17) is 11.6 Å². The quantitative estimate of drug-likeness (QED) is 0.826. The molecule has 2 aromatic rings. The monoisotopic (exact) mass is 339 g/mol. The number of hydrogen-bond donors (Lipinski definition) is 0. The van der Waals surface area contributed by atoms with Crippen molar-refractivity contribution in [1.29, 1.82) is 0 Å². The van der Waals surface area contributed by atoms with Gasteiger partial charge in [-0.25, -0.2) is 8.78 Å². The molecule has 1 aliphatic heterocycles. The zero-order valence-corrected chi connectivity index (χ0v) is 13.0. The van der Waals surface area contributed by atoms with Crippen molar-refractivity contribution in [3.8, 4) is 0 Å². The summed E-state index contributed by atoms with van der Waals surface area (Å²) in [6.45, 7) is -0.0957. The molecule has 0 spiro atoms. The van der Waals surface area contributed by atoms with E-state index < -0.39 is 11.6 Å². The number of halogens is 3. The summed E-state index contributed by atoms with van der Waals surface area (Å²) < 4.78 is 27.6. The second-order valence-electron chi connectivity index (χ2n) is 4.94. The van der Waals surface area contributed by atoms with Crippen LogP contribution in [0, 0.1) is 11.6 Å². The highest BCUT2D eigenvalue weighted by Gasteiger charge is 2.33. The molecule has 114 valence electrons. The summed E-state index contributed by atoms with van der Waals surface area (Å²) in [5.41, 5.74) is 0.755. The van der Waals surface area contributed by atoms with Crippen LogP contribution in [-0.4, -0.2) is 16.6 Å². The highest BCUT2D eigenvalue weighted by atomic mass is 35.5. The minimum atomic E-state index is -0.644. The maximum atomic E-state index is 13.8. The molecule has 0 bridgehead atoms. The summed E-state index contributed by atoms with van der Waals surface area (Å²) in [4.78, 5) is 13.6. The van der Waals surface area contributed by atoms with Gasteiger partial charge < -0.3 is 4.90 Å². The SMILES string of the molecule is O=C1CSC(c2cccc(Cl)c2)N1Cc1c(F)cccc1F. The maximum Gasteiger partial charge on any atom is 0.234 e. The molecule has 2 aromatic carbocycles. The molecule has 1 saturated heterocycles. The Morgan fingerprint density at radius 2 is 1.86 bits per heavy atom. The normalized spacial score (nSPS) is 18.0. The lowest BCUT2D eigenvalue weighted by Gasteiger charge is -2.24. The van der Waals surface area contributed by atoms with Crippen molar-refractivity contribution in [3.05, 3.63) is 70.2 Å². The van der Waals surface area contributed by atoms with Gasteiger partial charge >= 0.3 is 0 Å². The molecule has 1 aliphatic rings. The molecule has 1 amide bonds. The number of carbonyl (C=O) groups excluding carboxylic acids is 1. The van der Waals surface area contributed by atoms with Crippen molar-refractivity contribution in [2.75, 3.05) is 5.75 Å². The van der Waals surface area contributed by atoms with Crippen molar-refractivity contribution in [2.24, 2.45) is 0 Å². The Balaban J connectivity index is 1.92. The summed E-state index contributed by atoms with van der Waals surface area (Å²) in [5.74, 6) is -1.14. The van der Waals surface area contributed by atoms with Gasteiger partial charge in [-0.3, -0.25) is 4.79 Å². The molecule has 0 N–H and O–H groups in total. The number of carbonyl (C=O) groups is 1. The lowest BCUT2D eigenvalue weighted by atomic mass is 10.1. The van der Waals surface area contributed by atoms with E-state index in [1.165, 1.54) is 34.9 Å². The van der Waals surface area contributed by atoms with E-state index in [1.807, 2.05) is 6.07 Å². The third kappa shape index (κ3) is 2.96. The van der Waals surface area contributed by atoms with Crippen LogP contribution in [0.4, 0.5) is 8.78 Å². The van der Waals surface area contributed by atoms with Gasteiger partial charge in [0.25, 0.3) is 0 Å². The third-order valence-electron chi connectivity index (χ3n) is 3.49. The first-order chi connectivity index (χ1) is 10.6. The summed E-state index contributed by atoms with van der Waals surface area (Å²) in [6, 6.07) is 10.9. The molecule has 6 heteroatoms. The molecule has 2 nitrogen and oxygen atoms in total. The van der Waals surface area contributed by atoms with E-state index in [1.54, 1.807) is 18.2 Å². The predicted molar refractivity (Wildman–Crippen MR) is 83.6 cm³/mol. The van der Waals surface area contributed by atoms with Gasteiger partial charge in [-0.15, -0.1) is 11.8 Å². The van der Waals surface area contributed by atoms with E-state index in [9.17, 15) is 13.6 Å². The molecule has 1 unspecified atom stereocenters. The lowest BCUT2D eigenvalue weighted by molar-refractivity contribution is -0.128. The van der Waals surface area contributed by atoms with Crippen LogP contribution in [0.1, 0.15) is 16.5 Å². The highest BCUT2D eigenvalue weighted by Crippen LogP contribution is 2.40. The first-order valence-electron chi connectivity index (χ1n) is 6.65. The molecule has 0 aromatic heterocycles. The van der Waals surface area contributed by atoms with Crippen molar-refractivity contribution >= 4 is 29.3 Å². The molecule has 0 radical (unpaired) electrons. The van der Waals surface area contributed by atoms with E-state index in [0.29, 0.717) is 5.02 Å². The van der Waals surface area contributed by atoms with E-state index in [-0.39, 0.29) is 29.1 Å². The Morgan fingerprint density at radius 1 is 1.18 bits per heavy atom. The summed E-state index contributed by atoms with van der Waals surface area (Å²) in [5, 5.41) is 0.277. The van der Waals surface area contributed by atoms with Crippen LogP contribution in [0.25, 0.3) is 0 Å². The van der Waals surface area contributed by atoms with E-state index in [0.717, 1.165) is 5.56 Å². The van der Waals surface area contributed by atoms with Crippen LogP contribution in [0.15, 0.2) is 42.5 Å². The Kier molecular flexibility index (Phi) is 4.36. The van der Waals surface area contributed by atoms with Gasteiger partial charge in [0, 0.05) is 10.6 Å². The number of benzene rings is 2. The first-order valence-corrected chi connectivity index (χ1v) is 8.08. The van der Waals surface area contributed by atoms with Gasteiger partial charge in [0.05, 0.1) is 12.3 Å². The average Bonchev–Trinajstić information content (AvgIpc) is 2.84. The number of rotatable bonds is 3. The van der Waals surface area contributed by atoms with Gasteiger partial charge in [0.2, 0.25) is 5.91 Å². The molecular formula is C16H12ClF2NOS. The molecule has 0 saturated carbocycles.